The number of aliphatic imine (C=N–C) groups is 1. The summed E-state index contributed by atoms with van der Waals surface area (Å²) < 4.78 is 2.15. The average Bonchev–Trinajstić information content (AvgIpc) is 3.11. The van der Waals surface area contributed by atoms with E-state index in [0.717, 1.165) is 33.5 Å². The van der Waals surface area contributed by atoms with Crippen molar-refractivity contribution in [2.45, 2.75) is 27.3 Å². The van der Waals surface area contributed by atoms with Crippen molar-refractivity contribution in [3.8, 4) is 16.8 Å². The molecule has 136 valence electrons. The Kier molecular flexibility index (Phi) is 4.65. The molecule has 0 unspecified atom stereocenters. The minimum Gasteiger partial charge on any atom is -0.309 e. The van der Waals surface area contributed by atoms with E-state index >= 15 is 0 Å². The Bertz CT molecular complexity index is 1090. The maximum atomic E-state index is 4.92. The van der Waals surface area contributed by atoms with Crippen LogP contribution in [0, 0.1) is 32.6 Å². The molecule has 5 nitrogen and oxygen atoms in total. The lowest BCUT2D eigenvalue weighted by atomic mass is 9.99. The monoisotopic (exact) mass is 375 g/mol. The van der Waals surface area contributed by atoms with Gasteiger partial charge in [-0.1, -0.05) is 24.0 Å². The zero-order chi connectivity index (χ0) is 19.0. The molecule has 0 saturated heterocycles. The molecular weight excluding hydrogens is 354 g/mol. The molecule has 0 saturated carbocycles. The van der Waals surface area contributed by atoms with Gasteiger partial charge in [0, 0.05) is 21.6 Å². The normalized spacial score (nSPS) is 12.5. The van der Waals surface area contributed by atoms with Crippen molar-refractivity contribution in [3.63, 3.8) is 0 Å². The summed E-state index contributed by atoms with van der Waals surface area (Å²) in [6.45, 7) is 7.53. The van der Waals surface area contributed by atoms with Crippen molar-refractivity contribution in [2.24, 2.45) is 4.99 Å². The summed E-state index contributed by atoms with van der Waals surface area (Å²) in [5.74, 6) is 8.05. The molecule has 1 N–H and O–H groups in total. The first-order chi connectivity index (χ1) is 13.1. The third-order valence-electron chi connectivity index (χ3n) is 4.73. The highest BCUT2D eigenvalue weighted by Crippen LogP contribution is 2.36. The summed E-state index contributed by atoms with van der Waals surface area (Å²) >= 11 is 1.78. The summed E-state index contributed by atoms with van der Waals surface area (Å²) in [7, 11) is 1.90. The van der Waals surface area contributed by atoms with Gasteiger partial charge in [-0.3, -0.25) is 9.56 Å². The van der Waals surface area contributed by atoms with Crippen LogP contribution in [-0.2, 0) is 6.54 Å². The van der Waals surface area contributed by atoms with Gasteiger partial charge in [-0.25, -0.2) is 0 Å². The van der Waals surface area contributed by atoms with E-state index in [1.807, 2.05) is 14.0 Å². The Morgan fingerprint density at radius 1 is 1.15 bits per heavy atom. The molecule has 0 aliphatic carbocycles. The van der Waals surface area contributed by atoms with Crippen LogP contribution in [0.4, 0.5) is 0 Å². The average molecular weight is 376 g/mol. The zero-order valence-electron chi connectivity index (χ0n) is 15.9. The quantitative estimate of drug-likeness (QED) is 0.700. The minimum absolute atomic E-state index is 0.528. The molecule has 0 atom stereocenters. The van der Waals surface area contributed by atoms with Crippen molar-refractivity contribution >= 4 is 17.0 Å². The molecule has 3 aromatic rings. The SMILES string of the molecule is CNCC#Cc1ccc(C2=NCc3nnc(C)n3-c3sc(C)c(C)c32)cc1. The van der Waals surface area contributed by atoms with Gasteiger partial charge in [-0.15, -0.1) is 21.5 Å². The summed E-state index contributed by atoms with van der Waals surface area (Å²) in [4.78, 5) is 6.22. The van der Waals surface area contributed by atoms with Gasteiger partial charge < -0.3 is 5.32 Å². The van der Waals surface area contributed by atoms with E-state index in [-0.39, 0.29) is 0 Å². The Balaban J connectivity index is 1.81. The Morgan fingerprint density at radius 3 is 2.67 bits per heavy atom. The molecule has 1 aliphatic rings. The highest BCUT2D eigenvalue weighted by Gasteiger charge is 2.26. The van der Waals surface area contributed by atoms with Crippen LogP contribution in [0.5, 0.6) is 0 Å². The van der Waals surface area contributed by atoms with Crippen molar-refractivity contribution in [1.29, 1.82) is 0 Å². The van der Waals surface area contributed by atoms with Gasteiger partial charge >= 0.3 is 0 Å². The summed E-state index contributed by atoms with van der Waals surface area (Å²) in [6, 6.07) is 8.34. The topological polar surface area (TPSA) is 55.1 Å². The lowest BCUT2D eigenvalue weighted by Crippen LogP contribution is -2.07. The second kappa shape index (κ2) is 7.10. The Morgan fingerprint density at radius 2 is 1.93 bits per heavy atom. The molecule has 4 rings (SSSR count). The van der Waals surface area contributed by atoms with E-state index in [0.29, 0.717) is 13.1 Å². The number of thiophene rings is 1. The van der Waals surface area contributed by atoms with Crippen molar-refractivity contribution in [1.82, 2.24) is 20.1 Å². The number of aromatic nitrogens is 3. The maximum Gasteiger partial charge on any atom is 0.160 e. The number of rotatable bonds is 2. The Hall–Kier alpha value is -2.75. The molecule has 2 aromatic heterocycles. The molecule has 0 bridgehead atoms. The fraction of sp³-hybridized carbons (Fsp3) is 0.286. The number of nitrogens with one attached hydrogen (secondary N) is 1. The molecule has 6 heteroatoms. The van der Waals surface area contributed by atoms with Crippen molar-refractivity contribution < 1.29 is 0 Å². The predicted octanol–water partition coefficient (Wildman–Crippen LogP) is 3.18. The van der Waals surface area contributed by atoms with E-state index in [2.05, 4.69) is 70.0 Å². The van der Waals surface area contributed by atoms with E-state index in [1.165, 1.54) is 16.0 Å². The zero-order valence-corrected chi connectivity index (χ0v) is 16.7. The van der Waals surface area contributed by atoms with Crippen molar-refractivity contribution in [3.05, 3.63) is 63.0 Å². The number of aryl methyl sites for hydroxylation is 2. The van der Waals surface area contributed by atoms with Crippen LogP contribution in [0.25, 0.3) is 5.00 Å². The third kappa shape index (κ3) is 3.09. The van der Waals surface area contributed by atoms with Gasteiger partial charge in [0.25, 0.3) is 0 Å². The van der Waals surface area contributed by atoms with Gasteiger partial charge in [0.1, 0.15) is 17.4 Å². The number of benzene rings is 1. The second-order valence-corrected chi connectivity index (χ2v) is 7.74. The van der Waals surface area contributed by atoms with E-state index < -0.39 is 0 Å². The van der Waals surface area contributed by atoms with Gasteiger partial charge in [0.05, 0.1) is 12.3 Å². The highest BCUT2D eigenvalue weighted by molar-refractivity contribution is 7.15. The fourth-order valence-electron chi connectivity index (χ4n) is 3.23. The van der Waals surface area contributed by atoms with Crippen LogP contribution in [-0.4, -0.2) is 34.1 Å². The molecule has 0 radical (unpaired) electrons. The van der Waals surface area contributed by atoms with Gasteiger partial charge in [0.15, 0.2) is 5.82 Å². The number of hydrogen-bond donors (Lipinski definition) is 1. The van der Waals surface area contributed by atoms with Crippen molar-refractivity contribution in [2.75, 3.05) is 13.6 Å². The first kappa shape index (κ1) is 17.7. The lowest BCUT2D eigenvalue weighted by Gasteiger charge is -2.09. The minimum atomic E-state index is 0.528. The maximum absolute atomic E-state index is 4.92. The molecule has 0 fully saturated rings. The van der Waals surface area contributed by atoms with Gasteiger partial charge in [-0.05, 0) is 45.5 Å². The smallest absolute Gasteiger partial charge is 0.160 e. The summed E-state index contributed by atoms with van der Waals surface area (Å²) in [5.41, 5.74) is 5.59. The second-order valence-electron chi connectivity index (χ2n) is 6.54. The van der Waals surface area contributed by atoms with E-state index in [1.54, 1.807) is 11.3 Å². The lowest BCUT2D eigenvalue weighted by molar-refractivity contribution is 0.869. The first-order valence-electron chi connectivity index (χ1n) is 8.90. The van der Waals surface area contributed by atoms with Crippen LogP contribution in [0.15, 0.2) is 29.3 Å². The molecule has 1 aliphatic heterocycles. The Labute approximate surface area is 163 Å². The van der Waals surface area contributed by atoms with E-state index in [9.17, 15) is 0 Å². The molecule has 1 aromatic carbocycles. The fourth-order valence-corrected chi connectivity index (χ4v) is 4.45. The van der Waals surface area contributed by atoms with Gasteiger partial charge in [0.2, 0.25) is 0 Å². The largest absolute Gasteiger partial charge is 0.309 e. The molecular formula is C21H21N5S. The molecule has 0 spiro atoms. The van der Waals surface area contributed by atoms with Crippen LogP contribution >= 0.6 is 11.3 Å². The first-order valence-corrected chi connectivity index (χ1v) is 9.71. The highest BCUT2D eigenvalue weighted by atomic mass is 32.1. The molecule has 3 heterocycles. The van der Waals surface area contributed by atoms with Crippen LogP contribution < -0.4 is 5.32 Å². The van der Waals surface area contributed by atoms with Crippen LogP contribution in [0.1, 0.15) is 38.8 Å². The summed E-state index contributed by atoms with van der Waals surface area (Å²) in [5, 5.41) is 12.8. The third-order valence-corrected chi connectivity index (χ3v) is 5.93. The summed E-state index contributed by atoms with van der Waals surface area (Å²) in [6.07, 6.45) is 0. The standard InChI is InChI=1S/C21H21N5S/c1-13-14(2)27-21-19(13)20(23-12-18-25-24-15(3)26(18)21)17-9-7-16(8-10-17)6-5-11-22-4/h7-10,22H,11-12H2,1-4H3. The predicted molar refractivity (Wildman–Crippen MR) is 110 cm³/mol. The number of nitrogens with zero attached hydrogens (tertiary/aromatic N) is 4. The molecule has 0 amide bonds. The van der Waals surface area contributed by atoms with Crippen LogP contribution in [0.2, 0.25) is 0 Å². The van der Waals surface area contributed by atoms with E-state index in [4.69, 9.17) is 4.99 Å². The molecule has 27 heavy (non-hydrogen) atoms. The number of fused-ring (bicyclic) bond motifs is 3. The van der Waals surface area contributed by atoms with Gasteiger partial charge in [-0.2, -0.15) is 0 Å². The number of hydrogen-bond acceptors (Lipinski definition) is 5. The van der Waals surface area contributed by atoms with Crippen LogP contribution in [0.3, 0.4) is 0 Å².